The molecule has 0 bridgehead atoms. The van der Waals surface area contributed by atoms with E-state index in [-0.39, 0.29) is 24.6 Å². The molecule has 0 spiro atoms. The predicted octanol–water partition coefficient (Wildman–Crippen LogP) is 5.97. The highest BCUT2D eigenvalue weighted by Gasteiger charge is 2.20. The summed E-state index contributed by atoms with van der Waals surface area (Å²) in [5.41, 5.74) is 0.980. The summed E-state index contributed by atoms with van der Waals surface area (Å²) in [5, 5.41) is 20.2. The number of benzene rings is 1. The molecular weight excluding hydrogens is 462 g/mol. The number of ether oxygens (including phenoxy) is 2. The molecule has 3 rings (SSSR count). The van der Waals surface area contributed by atoms with Crippen LogP contribution in [0.4, 0.5) is 19.3 Å². The molecule has 0 aliphatic carbocycles. The molecular formula is C23H26F2N4O4Si. The van der Waals surface area contributed by atoms with Crippen molar-refractivity contribution < 1.29 is 28.2 Å². The number of nitrogens with one attached hydrogen (secondary N) is 1. The Morgan fingerprint density at radius 2 is 2.00 bits per heavy atom. The quantitative estimate of drug-likeness (QED) is 0.269. The highest BCUT2D eigenvalue weighted by atomic mass is 28.3. The molecule has 1 amide bonds. The van der Waals surface area contributed by atoms with Gasteiger partial charge in [-0.3, -0.25) is 5.32 Å². The molecule has 0 aliphatic rings. The first-order valence-electron chi connectivity index (χ1n) is 10.7. The van der Waals surface area contributed by atoms with E-state index in [2.05, 4.69) is 30.7 Å². The van der Waals surface area contributed by atoms with Gasteiger partial charge in [-0.2, -0.15) is 5.26 Å². The maximum Gasteiger partial charge on any atom is 0.409 e. The molecule has 0 radical (unpaired) electrons. The minimum Gasteiger partial charge on any atom is -0.465 e. The number of carbonyl (C=O) groups is 1. The molecule has 0 saturated heterocycles. The Hall–Kier alpha value is -3.49. The highest BCUT2D eigenvalue weighted by molar-refractivity contribution is 6.76. The number of hydrogen-bond acceptors (Lipinski definition) is 5. The molecule has 1 aromatic carbocycles. The largest absolute Gasteiger partial charge is 0.465 e. The first-order valence-corrected chi connectivity index (χ1v) is 14.4. The lowest BCUT2D eigenvalue weighted by atomic mass is 10.1. The number of aryl methyl sites for hydroxylation is 1. The molecule has 0 aliphatic heterocycles. The lowest BCUT2D eigenvalue weighted by Gasteiger charge is -2.15. The third-order valence-corrected chi connectivity index (χ3v) is 6.70. The van der Waals surface area contributed by atoms with Crippen LogP contribution in [-0.4, -0.2) is 35.4 Å². The summed E-state index contributed by atoms with van der Waals surface area (Å²) in [6, 6.07) is 6.24. The number of nitriles is 1. The SMILES string of the molecule is C[Si](C)(C)CCOCn1cc(CCC#N)c2c(Oc3c(F)cc(NC(=O)O)cc3F)ccnc21. The number of anilines is 1. The van der Waals surface area contributed by atoms with E-state index in [1.54, 1.807) is 4.57 Å². The number of nitrogens with zero attached hydrogens (tertiary/aromatic N) is 3. The Balaban J connectivity index is 1.95. The van der Waals surface area contributed by atoms with E-state index in [1.807, 2.05) is 11.5 Å². The zero-order valence-corrected chi connectivity index (χ0v) is 20.2. The summed E-state index contributed by atoms with van der Waals surface area (Å²) in [6.07, 6.45) is 2.45. The zero-order chi connectivity index (χ0) is 24.9. The molecule has 2 heterocycles. The van der Waals surface area contributed by atoms with Crippen molar-refractivity contribution in [2.24, 2.45) is 0 Å². The van der Waals surface area contributed by atoms with Gasteiger partial charge in [0.1, 0.15) is 18.1 Å². The van der Waals surface area contributed by atoms with Crippen molar-refractivity contribution >= 4 is 30.9 Å². The van der Waals surface area contributed by atoms with Gasteiger partial charge in [-0.15, -0.1) is 0 Å². The normalized spacial score (nSPS) is 11.4. The minimum atomic E-state index is -1.45. The van der Waals surface area contributed by atoms with Crippen molar-refractivity contribution in [1.82, 2.24) is 9.55 Å². The predicted molar refractivity (Wildman–Crippen MR) is 126 cm³/mol. The second-order valence-corrected chi connectivity index (χ2v) is 14.6. The van der Waals surface area contributed by atoms with Gasteiger partial charge in [-0.1, -0.05) is 19.6 Å². The molecule has 0 saturated carbocycles. The number of hydrogen-bond donors (Lipinski definition) is 2. The fraction of sp³-hybridized carbons (Fsp3) is 0.348. The Kier molecular flexibility index (Phi) is 7.85. The van der Waals surface area contributed by atoms with Crippen LogP contribution in [-0.2, 0) is 17.9 Å². The van der Waals surface area contributed by atoms with Crippen LogP contribution in [0.2, 0.25) is 25.7 Å². The number of rotatable bonds is 10. The lowest BCUT2D eigenvalue weighted by molar-refractivity contribution is 0.0898. The molecule has 8 nitrogen and oxygen atoms in total. The molecule has 3 aromatic rings. The molecule has 2 aromatic heterocycles. The lowest BCUT2D eigenvalue weighted by Crippen LogP contribution is -2.22. The summed E-state index contributed by atoms with van der Waals surface area (Å²) in [4.78, 5) is 15.2. The van der Waals surface area contributed by atoms with Crippen molar-refractivity contribution in [2.45, 2.75) is 45.3 Å². The fourth-order valence-corrected chi connectivity index (χ4v) is 4.09. The van der Waals surface area contributed by atoms with Crippen LogP contribution >= 0.6 is 0 Å². The van der Waals surface area contributed by atoms with Crippen molar-refractivity contribution in [3.63, 3.8) is 0 Å². The highest BCUT2D eigenvalue weighted by Crippen LogP contribution is 2.36. The van der Waals surface area contributed by atoms with Gasteiger partial charge in [0.05, 0.1) is 17.1 Å². The topological polar surface area (TPSA) is 109 Å². The molecule has 34 heavy (non-hydrogen) atoms. The number of carboxylic acid groups (broad SMARTS) is 1. The van der Waals surface area contributed by atoms with E-state index in [0.29, 0.717) is 24.1 Å². The Labute approximate surface area is 196 Å². The molecule has 0 atom stereocenters. The molecule has 2 N–H and O–H groups in total. The fourth-order valence-electron chi connectivity index (χ4n) is 3.33. The average Bonchev–Trinajstić information content (AvgIpc) is 3.09. The van der Waals surface area contributed by atoms with Gasteiger partial charge in [0, 0.05) is 45.6 Å². The second kappa shape index (κ2) is 10.6. The van der Waals surface area contributed by atoms with Gasteiger partial charge in [0.15, 0.2) is 17.4 Å². The van der Waals surface area contributed by atoms with E-state index < -0.39 is 31.6 Å². The van der Waals surface area contributed by atoms with Crippen LogP contribution in [0.5, 0.6) is 11.5 Å². The summed E-state index contributed by atoms with van der Waals surface area (Å²) in [6.45, 7) is 7.62. The van der Waals surface area contributed by atoms with E-state index in [9.17, 15) is 13.6 Å². The van der Waals surface area contributed by atoms with Gasteiger partial charge in [-0.25, -0.2) is 18.6 Å². The summed E-state index contributed by atoms with van der Waals surface area (Å²) in [5.74, 6) is -2.65. The van der Waals surface area contributed by atoms with E-state index >= 15 is 0 Å². The van der Waals surface area contributed by atoms with E-state index in [0.717, 1.165) is 23.7 Å². The van der Waals surface area contributed by atoms with Crippen LogP contribution in [0.3, 0.4) is 0 Å². The Morgan fingerprint density at radius 3 is 2.62 bits per heavy atom. The first kappa shape index (κ1) is 25.1. The third kappa shape index (κ3) is 6.30. The van der Waals surface area contributed by atoms with Crippen molar-refractivity contribution in [2.75, 3.05) is 11.9 Å². The van der Waals surface area contributed by atoms with Crippen LogP contribution in [0.15, 0.2) is 30.6 Å². The van der Waals surface area contributed by atoms with Crippen LogP contribution in [0.1, 0.15) is 12.0 Å². The Morgan fingerprint density at radius 1 is 1.29 bits per heavy atom. The third-order valence-electron chi connectivity index (χ3n) is 4.99. The number of fused-ring (bicyclic) bond motifs is 1. The van der Waals surface area contributed by atoms with Crippen LogP contribution in [0.25, 0.3) is 11.0 Å². The standard InChI is InChI=1S/C23H26F2N4O4Si/c1-34(2,3)10-9-32-14-29-13-15(5-4-7-26)20-19(6-8-27-22(20)29)33-21-17(24)11-16(12-18(21)25)28-23(30)31/h6,8,11-13,28H,4-5,9-10,14H2,1-3H3,(H,30,31). The second-order valence-electron chi connectivity index (χ2n) is 8.94. The van der Waals surface area contributed by atoms with Gasteiger partial charge < -0.3 is 19.1 Å². The van der Waals surface area contributed by atoms with E-state index in [4.69, 9.17) is 19.8 Å². The number of halogens is 2. The maximum atomic E-state index is 14.6. The minimum absolute atomic E-state index is 0.163. The number of pyridine rings is 1. The monoisotopic (exact) mass is 488 g/mol. The van der Waals surface area contributed by atoms with E-state index in [1.165, 1.54) is 12.3 Å². The van der Waals surface area contributed by atoms with Crippen LogP contribution in [0, 0.1) is 23.0 Å². The molecule has 0 unspecified atom stereocenters. The van der Waals surface area contributed by atoms with Gasteiger partial charge in [0.2, 0.25) is 0 Å². The first-order chi connectivity index (χ1) is 16.1. The van der Waals surface area contributed by atoms with Crippen molar-refractivity contribution in [3.05, 3.63) is 47.8 Å². The Bertz CT molecular complexity index is 1210. The molecule has 0 fully saturated rings. The zero-order valence-electron chi connectivity index (χ0n) is 19.2. The van der Waals surface area contributed by atoms with Crippen molar-refractivity contribution in [3.8, 4) is 17.6 Å². The van der Waals surface area contributed by atoms with Gasteiger partial charge >= 0.3 is 6.09 Å². The summed E-state index contributed by atoms with van der Waals surface area (Å²) in [7, 11) is -1.25. The maximum absolute atomic E-state index is 14.6. The smallest absolute Gasteiger partial charge is 0.409 e. The van der Waals surface area contributed by atoms with Gasteiger partial charge in [0.25, 0.3) is 0 Å². The number of amides is 1. The molecule has 180 valence electrons. The van der Waals surface area contributed by atoms with Gasteiger partial charge in [-0.05, 0) is 24.1 Å². The average molecular weight is 489 g/mol. The van der Waals surface area contributed by atoms with Crippen LogP contribution < -0.4 is 10.1 Å². The molecule has 11 heteroatoms. The number of aromatic nitrogens is 2. The van der Waals surface area contributed by atoms with Crippen molar-refractivity contribution in [1.29, 1.82) is 5.26 Å². The summed E-state index contributed by atoms with van der Waals surface area (Å²) < 4.78 is 42.4. The summed E-state index contributed by atoms with van der Waals surface area (Å²) >= 11 is 0.